The number of nitrogens with one attached hydrogen (secondary N) is 1. The van der Waals surface area contributed by atoms with Crippen molar-refractivity contribution in [2.24, 2.45) is 23.7 Å². The molecule has 174 valence electrons. The summed E-state index contributed by atoms with van der Waals surface area (Å²) in [6.07, 6.45) is 5.49. The quantitative estimate of drug-likeness (QED) is 0.362. The number of likely N-dealkylation sites (tertiary alicyclic amines) is 1. The number of amides is 3. The molecule has 0 spiro atoms. The molecule has 3 aliphatic rings. The van der Waals surface area contributed by atoms with Crippen molar-refractivity contribution in [2.75, 3.05) is 18.5 Å². The van der Waals surface area contributed by atoms with Crippen molar-refractivity contribution in [3.05, 3.63) is 42.0 Å². The molecule has 9 nitrogen and oxygen atoms in total. The zero-order chi connectivity index (χ0) is 23.7. The zero-order valence-corrected chi connectivity index (χ0v) is 18.5. The number of allylic oxidation sites excluding steroid dienone is 2. The van der Waals surface area contributed by atoms with Crippen LogP contribution in [0.4, 0.5) is 5.69 Å². The molecule has 1 aliphatic heterocycles. The second-order valence-corrected chi connectivity index (χ2v) is 8.59. The third-order valence-corrected chi connectivity index (χ3v) is 6.42. The highest BCUT2D eigenvalue weighted by atomic mass is 16.5. The predicted molar refractivity (Wildman–Crippen MR) is 116 cm³/mol. The maximum atomic E-state index is 12.8. The molecule has 9 heteroatoms. The molecule has 1 saturated heterocycles. The first kappa shape index (κ1) is 22.7. The van der Waals surface area contributed by atoms with Crippen LogP contribution in [0.2, 0.25) is 0 Å². The minimum atomic E-state index is -1.10. The molecule has 2 bridgehead atoms. The fourth-order valence-corrected chi connectivity index (χ4v) is 4.83. The molecule has 1 heterocycles. The number of rotatable bonds is 8. The fourth-order valence-electron chi connectivity index (χ4n) is 4.83. The fraction of sp³-hybridized carbons (Fsp3) is 0.458. The predicted octanol–water partition coefficient (Wildman–Crippen LogP) is 1.93. The molecular weight excluding hydrogens is 428 g/mol. The van der Waals surface area contributed by atoms with Crippen molar-refractivity contribution < 1.29 is 33.4 Å². The molecule has 1 aromatic carbocycles. The number of nitrogens with zero attached hydrogens (tertiary/aromatic N) is 1. The van der Waals surface area contributed by atoms with Crippen molar-refractivity contribution >= 4 is 35.3 Å². The van der Waals surface area contributed by atoms with Crippen LogP contribution in [0.25, 0.3) is 0 Å². The number of esters is 2. The number of carbonyl (C=O) groups is 5. The van der Waals surface area contributed by atoms with Gasteiger partial charge in [-0.25, -0.2) is 9.59 Å². The van der Waals surface area contributed by atoms with Crippen LogP contribution in [-0.4, -0.2) is 53.8 Å². The summed E-state index contributed by atoms with van der Waals surface area (Å²) in [5, 5.41) is 2.56. The van der Waals surface area contributed by atoms with E-state index in [-0.39, 0.29) is 23.7 Å². The van der Waals surface area contributed by atoms with Gasteiger partial charge in [0.25, 0.3) is 5.91 Å². The molecule has 3 amide bonds. The SMILES string of the molecule is CCCOC(=O)c1ccc(NC(=O)COC(=O)[C@@H](C)N2C(=O)[C@@H]3[C@H](C2=O)[C@H]2C=C[C@H]3C2)cc1. The molecule has 2 fully saturated rings. The molecule has 0 aromatic heterocycles. The van der Waals surface area contributed by atoms with E-state index in [1.807, 2.05) is 19.1 Å². The summed E-state index contributed by atoms with van der Waals surface area (Å²) in [6, 6.07) is 5.01. The van der Waals surface area contributed by atoms with E-state index in [4.69, 9.17) is 9.47 Å². The van der Waals surface area contributed by atoms with E-state index in [1.165, 1.54) is 31.2 Å². The van der Waals surface area contributed by atoms with Crippen LogP contribution in [-0.2, 0) is 28.7 Å². The number of benzene rings is 1. The largest absolute Gasteiger partial charge is 0.462 e. The Morgan fingerprint density at radius 3 is 2.21 bits per heavy atom. The van der Waals surface area contributed by atoms with Crippen molar-refractivity contribution in [1.29, 1.82) is 0 Å². The molecule has 5 atom stereocenters. The number of hydrogen-bond acceptors (Lipinski definition) is 7. The molecule has 1 saturated carbocycles. The summed E-state index contributed by atoms with van der Waals surface area (Å²) in [4.78, 5) is 63.0. The second kappa shape index (κ2) is 9.17. The molecule has 1 N–H and O–H groups in total. The first-order valence-electron chi connectivity index (χ1n) is 11.1. The van der Waals surface area contributed by atoms with Crippen molar-refractivity contribution in [1.82, 2.24) is 4.90 Å². The highest BCUT2D eigenvalue weighted by Gasteiger charge is 2.60. The highest BCUT2D eigenvalue weighted by Crippen LogP contribution is 2.52. The van der Waals surface area contributed by atoms with Crippen LogP contribution in [0, 0.1) is 23.7 Å². The Kier molecular flexibility index (Phi) is 6.31. The van der Waals surface area contributed by atoms with Crippen LogP contribution in [0.1, 0.15) is 37.0 Å². The van der Waals surface area contributed by atoms with Crippen LogP contribution in [0.15, 0.2) is 36.4 Å². The Bertz CT molecular complexity index is 986. The van der Waals surface area contributed by atoms with Gasteiger partial charge in [0.1, 0.15) is 6.04 Å². The van der Waals surface area contributed by atoms with Gasteiger partial charge in [0.15, 0.2) is 6.61 Å². The first-order valence-corrected chi connectivity index (χ1v) is 11.1. The van der Waals surface area contributed by atoms with E-state index < -0.39 is 42.3 Å². The highest BCUT2D eigenvalue weighted by molar-refractivity contribution is 6.09. The van der Waals surface area contributed by atoms with Crippen molar-refractivity contribution in [3.8, 4) is 0 Å². The Hall–Kier alpha value is -3.49. The second-order valence-electron chi connectivity index (χ2n) is 8.59. The Labute approximate surface area is 191 Å². The Morgan fingerprint density at radius 2 is 1.64 bits per heavy atom. The normalized spacial score (nSPS) is 25.7. The van der Waals surface area contributed by atoms with Gasteiger partial charge >= 0.3 is 11.9 Å². The summed E-state index contributed by atoms with van der Waals surface area (Å²) in [5.74, 6) is -3.22. The zero-order valence-electron chi connectivity index (χ0n) is 18.5. The smallest absolute Gasteiger partial charge is 0.338 e. The number of hydrogen-bond donors (Lipinski definition) is 1. The average molecular weight is 454 g/mol. The lowest BCUT2D eigenvalue weighted by molar-refractivity contribution is -0.159. The van der Waals surface area contributed by atoms with Gasteiger partial charge in [0.2, 0.25) is 11.8 Å². The average Bonchev–Trinajstić information content (AvgIpc) is 3.49. The summed E-state index contributed by atoms with van der Waals surface area (Å²) >= 11 is 0. The van der Waals surface area contributed by atoms with Gasteiger partial charge in [-0.2, -0.15) is 0 Å². The molecule has 0 unspecified atom stereocenters. The molecule has 4 rings (SSSR count). The summed E-state index contributed by atoms with van der Waals surface area (Å²) in [5.41, 5.74) is 0.770. The van der Waals surface area contributed by atoms with Gasteiger partial charge in [0.05, 0.1) is 24.0 Å². The molecule has 33 heavy (non-hydrogen) atoms. The maximum absolute atomic E-state index is 12.8. The van der Waals surface area contributed by atoms with Crippen LogP contribution in [0.5, 0.6) is 0 Å². The van der Waals surface area contributed by atoms with E-state index in [1.54, 1.807) is 0 Å². The van der Waals surface area contributed by atoms with E-state index in [9.17, 15) is 24.0 Å². The summed E-state index contributed by atoms with van der Waals surface area (Å²) in [6.45, 7) is 3.09. The minimum absolute atomic E-state index is 0.0512. The van der Waals surface area contributed by atoms with E-state index >= 15 is 0 Å². The van der Waals surface area contributed by atoms with Gasteiger partial charge in [-0.3, -0.25) is 19.3 Å². The third kappa shape index (κ3) is 4.27. The first-order chi connectivity index (χ1) is 15.8. The molecule has 2 aliphatic carbocycles. The number of carbonyl (C=O) groups excluding carboxylic acids is 5. The number of imide groups is 1. The molecule has 1 aromatic rings. The lowest BCUT2D eigenvalue weighted by Gasteiger charge is -2.23. The number of fused-ring (bicyclic) bond motifs is 5. The molecular formula is C24H26N2O7. The van der Waals surface area contributed by atoms with Gasteiger partial charge in [0, 0.05) is 5.69 Å². The Morgan fingerprint density at radius 1 is 1.03 bits per heavy atom. The Balaban J connectivity index is 1.27. The third-order valence-electron chi connectivity index (χ3n) is 6.42. The number of ether oxygens (including phenoxy) is 2. The van der Waals surface area contributed by atoms with E-state index in [0.717, 1.165) is 17.7 Å². The van der Waals surface area contributed by atoms with Crippen LogP contribution >= 0.6 is 0 Å². The maximum Gasteiger partial charge on any atom is 0.338 e. The molecule has 0 radical (unpaired) electrons. The van der Waals surface area contributed by atoms with Crippen LogP contribution < -0.4 is 5.32 Å². The van der Waals surface area contributed by atoms with Gasteiger partial charge in [-0.1, -0.05) is 19.1 Å². The summed E-state index contributed by atoms with van der Waals surface area (Å²) < 4.78 is 10.1. The lowest BCUT2D eigenvalue weighted by atomic mass is 9.85. The monoisotopic (exact) mass is 454 g/mol. The van der Waals surface area contributed by atoms with Gasteiger partial charge < -0.3 is 14.8 Å². The van der Waals surface area contributed by atoms with Crippen molar-refractivity contribution in [3.63, 3.8) is 0 Å². The summed E-state index contributed by atoms with van der Waals surface area (Å²) in [7, 11) is 0. The van der Waals surface area contributed by atoms with Gasteiger partial charge in [-0.05, 0) is 55.9 Å². The standard InChI is InChI=1S/C24H26N2O7/c1-3-10-32-24(31)14-6-8-17(9-7-14)25-18(27)12-33-23(30)13(2)26-21(28)19-15-4-5-16(11-15)20(19)22(26)29/h4-9,13,15-16,19-20H,3,10-12H2,1-2H3,(H,25,27)/t13-,15+,16+,19-,20+/m1/s1. The number of anilines is 1. The van der Waals surface area contributed by atoms with E-state index in [2.05, 4.69) is 5.32 Å². The topological polar surface area (TPSA) is 119 Å². The minimum Gasteiger partial charge on any atom is -0.462 e. The lowest BCUT2D eigenvalue weighted by Crippen LogP contribution is -2.45. The van der Waals surface area contributed by atoms with E-state index in [0.29, 0.717) is 17.9 Å². The van der Waals surface area contributed by atoms with Crippen LogP contribution in [0.3, 0.4) is 0 Å². The van der Waals surface area contributed by atoms with Crippen molar-refractivity contribution in [2.45, 2.75) is 32.7 Å². The van der Waals surface area contributed by atoms with Gasteiger partial charge in [-0.15, -0.1) is 0 Å².